The van der Waals surface area contributed by atoms with Gasteiger partial charge in [0.05, 0.1) is 11.4 Å². The zero-order valence-corrected chi connectivity index (χ0v) is 14.2. The fourth-order valence-electron chi connectivity index (χ4n) is 3.47. The van der Waals surface area contributed by atoms with Crippen molar-refractivity contribution in [2.45, 2.75) is 31.5 Å². The van der Waals surface area contributed by atoms with Crippen molar-refractivity contribution in [2.75, 3.05) is 12.3 Å². The molecule has 0 spiro atoms. The number of anilines is 1. The molecule has 3 rings (SSSR count). The molecule has 2 N–H and O–H groups in total. The zero-order chi connectivity index (χ0) is 19.1. The Morgan fingerprint density at radius 3 is 2.54 bits per heavy atom. The van der Waals surface area contributed by atoms with E-state index < -0.39 is 23.7 Å². The van der Waals surface area contributed by atoms with Gasteiger partial charge < -0.3 is 10.6 Å². The summed E-state index contributed by atoms with van der Waals surface area (Å²) in [6, 6.07) is 8.18. The number of nitrogens with zero attached hydrogens (tertiary/aromatic N) is 3. The average molecular weight is 368 g/mol. The van der Waals surface area contributed by atoms with Crippen LogP contribution in [0, 0.1) is 0 Å². The molecule has 1 atom stereocenters. The van der Waals surface area contributed by atoms with Gasteiger partial charge in [-0.1, -0.05) is 18.2 Å². The molecular weight excluding hydrogens is 349 g/mol. The second kappa shape index (κ2) is 6.54. The number of para-hydroxylation sites is 1. The molecule has 140 valence electrons. The summed E-state index contributed by atoms with van der Waals surface area (Å²) in [5.74, 6) is -1.84. The average Bonchev–Trinajstić information content (AvgIpc) is 3.13. The molecule has 1 amide bonds. The lowest BCUT2D eigenvalue weighted by atomic mass is 10.1. The van der Waals surface area contributed by atoms with E-state index in [1.54, 1.807) is 42.1 Å². The van der Waals surface area contributed by atoms with Gasteiger partial charge in [-0.05, 0) is 25.0 Å². The van der Waals surface area contributed by atoms with Crippen molar-refractivity contribution in [3.05, 3.63) is 46.4 Å². The third kappa shape index (κ3) is 3.09. The van der Waals surface area contributed by atoms with Gasteiger partial charge in [-0.25, -0.2) is 4.68 Å². The number of hydrogen-bond acceptors (Lipinski definition) is 3. The summed E-state index contributed by atoms with van der Waals surface area (Å²) >= 11 is 0. The van der Waals surface area contributed by atoms with E-state index >= 15 is 0 Å². The highest BCUT2D eigenvalue weighted by atomic mass is 19.4. The first-order chi connectivity index (χ1) is 12.2. The van der Waals surface area contributed by atoms with Crippen LogP contribution in [0.1, 0.15) is 18.5 Å². The third-order valence-electron chi connectivity index (χ3n) is 4.73. The van der Waals surface area contributed by atoms with Crippen molar-refractivity contribution in [3.8, 4) is 5.69 Å². The van der Waals surface area contributed by atoms with E-state index in [1.165, 1.54) is 4.68 Å². The molecule has 0 unspecified atom stereocenters. The number of likely N-dealkylation sites (tertiary alicyclic amines) is 1. The van der Waals surface area contributed by atoms with Gasteiger partial charge in [0.15, 0.2) is 0 Å². The van der Waals surface area contributed by atoms with E-state index in [1.807, 2.05) is 0 Å². The van der Waals surface area contributed by atoms with Gasteiger partial charge in [-0.2, -0.15) is 13.2 Å². The van der Waals surface area contributed by atoms with Gasteiger partial charge in [0.1, 0.15) is 5.69 Å². The number of rotatable bonds is 3. The van der Waals surface area contributed by atoms with Crippen LogP contribution >= 0.6 is 0 Å². The van der Waals surface area contributed by atoms with Crippen LogP contribution in [-0.4, -0.2) is 38.9 Å². The molecule has 1 fully saturated rings. The van der Waals surface area contributed by atoms with E-state index in [2.05, 4.69) is 0 Å². The Morgan fingerprint density at radius 1 is 1.27 bits per heavy atom. The van der Waals surface area contributed by atoms with Gasteiger partial charge in [-0.3, -0.25) is 14.3 Å². The Kier molecular flexibility index (Phi) is 4.55. The predicted octanol–water partition coefficient (Wildman–Crippen LogP) is 1.85. The Bertz CT molecular complexity index is 871. The minimum absolute atomic E-state index is 0.0114. The Hall–Kier alpha value is -2.71. The van der Waals surface area contributed by atoms with Crippen molar-refractivity contribution >= 4 is 11.6 Å². The maximum atomic E-state index is 12.8. The number of nitrogen functional groups attached to an aromatic ring is 1. The van der Waals surface area contributed by atoms with Gasteiger partial charge in [0, 0.05) is 26.1 Å². The lowest BCUT2D eigenvalue weighted by Crippen LogP contribution is -2.44. The van der Waals surface area contributed by atoms with Crippen LogP contribution in [0.25, 0.3) is 5.69 Å². The standard InChI is InChI=1S/C17H19F3N4O2/c1-22-13(10-12-8-5-9-23(12)16(26)17(18,19)20)14(21)15(25)24(22)11-6-3-2-4-7-11/h2-4,6-7,12H,5,8-10,21H2,1H3/t12-/m0/s1. The number of benzene rings is 1. The molecule has 1 aliphatic heterocycles. The van der Waals surface area contributed by atoms with Crippen LogP contribution in [0.2, 0.25) is 0 Å². The normalized spacial score (nSPS) is 17.7. The second-order valence-electron chi connectivity index (χ2n) is 6.33. The topological polar surface area (TPSA) is 73.3 Å². The van der Waals surface area contributed by atoms with E-state index in [9.17, 15) is 22.8 Å². The molecule has 0 bridgehead atoms. The number of amides is 1. The monoisotopic (exact) mass is 368 g/mol. The largest absolute Gasteiger partial charge is 0.471 e. The summed E-state index contributed by atoms with van der Waals surface area (Å²) in [5, 5.41) is 0. The molecule has 1 aliphatic rings. The molecule has 0 radical (unpaired) electrons. The van der Waals surface area contributed by atoms with Crippen molar-refractivity contribution < 1.29 is 18.0 Å². The Balaban J connectivity index is 1.94. The lowest BCUT2D eigenvalue weighted by molar-refractivity contribution is -0.186. The third-order valence-corrected chi connectivity index (χ3v) is 4.73. The summed E-state index contributed by atoms with van der Waals surface area (Å²) in [6.45, 7) is 0.0518. The molecule has 0 aliphatic carbocycles. The van der Waals surface area contributed by atoms with E-state index in [-0.39, 0.29) is 18.7 Å². The summed E-state index contributed by atoms with van der Waals surface area (Å²) in [7, 11) is 1.63. The van der Waals surface area contributed by atoms with Crippen molar-refractivity contribution in [1.29, 1.82) is 0 Å². The molecule has 26 heavy (non-hydrogen) atoms. The number of nitrogens with two attached hydrogens (primary N) is 1. The van der Waals surface area contributed by atoms with Crippen LogP contribution in [-0.2, 0) is 18.3 Å². The summed E-state index contributed by atoms with van der Waals surface area (Å²) in [5.41, 5.74) is 6.53. The molecule has 6 nitrogen and oxygen atoms in total. The van der Waals surface area contributed by atoms with Gasteiger partial charge in [-0.15, -0.1) is 0 Å². The second-order valence-corrected chi connectivity index (χ2v) is 6.33. The van der Waals surface area contributed by atoms with Gasteiger partial charge in [0.2, 0.25) is 0 Å². The maximum absolute atomic E-state index is 12.8. The quantitative estimate of drug-likeness (QED) is 0.899. The number of carbonyl (C=O) groups excluding carboxylic acids is 1. The molecule has 2 heterocycles. The number of halogens is 3. The van der Waals surface area contributed by atoms with Crippen LogP contribution in [0.5, 0.6) is 0 Å². The van der Waals surface area contributed by atoms with Gasteiger partial charge in [0.25, 0.3) is 5.56 Å². The molecule has 1 saturated heterocycles. The lowest BCUT2D eigenvalue weighted by Gasteiger charge is -2.26. The highest BCUT2D eigenvalue weighted by Crippen LogP contribution is 2.28. The summed E-state index contributed by atoms with van der Waals surface area (Å²) in [6.07, 6.45) is -3.89. The molecule has 2 aromatic rings. The summed E-state index contributed by atoms with van der Waals surface area (Å²) < 4.78 is 41.3. The number of carbonyl (C=O) groups is 1. The smallest absolute Gasteiger partial charge is 0.393 e. The van der Waals surface area contributed by atoms with E-state index in [0.717, 1.165) is 4.90 Å². The molecular formula is C17H19F3N4O2. The molecule has 0 saturated carbocycles. The molecule has 9 heteroatoms. The van der Waals surface area contributed by atoms with Crippen molar-refractivity contribution in [1.82, 2.24) is 14.3 Å². The number of hydrogen-bond donors (Lipinski definition) is 1. The number of aromatic nitrogens is 2. The Labute approximate surface area is 147 Å². The highest BCUT2D eigenvalue weighted by molar-refractivity contribution is 5.82. The van der Waals surface area contributed by atoms with Crippen LogP contribution in [0.3, 0.4) is 0 Å². The van der Waals surface area contributed by atoms with E-state index in [0.29, 0.717) is 24.2 Å². The molecule has 1 aromatic heterocycles. The SMILES string of the molecule is Cn1c(C[C@@H]2CCCN2C(=O)C(F)(F)F)c(N)c(=O)n1-c1ccccc1. The first-order valence-corrected chi connectivity index (χ1v) is 8.21. The number of alkyl halides is 3. The zero-order valence-electron chi connectivity index (χ0n) is 14.2. The summed E-state index contributed by atoms with van der Waals surface area (Å²) in [4.78, 5) is 25.0. The predicted molar refractivity (Wildman–Crippen MR) is 89.9 cm³/mol. The minimum atomic E-state index is -4.91. The first-order valence-electron chi connectivity index (χ1n) is 8.21. The van der Waals surface area contributed by atoms with Crippen molar-refractivity contribution in [3.63, 3.8) is 0 Å². The van der Waals surface area contributed by atoms with E-state index in [4.69, 9.17) is 5.73 Å². The maximum Gasteiger partial charge on any atom is 0.471 e. The van der Waals surface area contributed by atoms with Gasteiger partial charge >= 0.3 is 12.1 Å². The fraction of sp³-hybridized carbons (Fsp3) is 0.412. The fourth-order valence-corrected chi connectivity index (χ4v) is 3.47. The molecule has 1 aromatic carbocycles. The van der Waals surface area contributed by atoms with Crippen LogP contribution in [0.4, 0.5) is 18.9 Å². The van der Waals surface area contributed by atoms with Crippen molar-refractivity contribution in [2.24, 2.45) is 7.05 Å². The first kappa shape index (κ1) is 18.1. The highest BCUT2D eigenvalue weighted by Gasteiger charge is 2.46. The van der Waals surface area contributed by atoms with Crippen LogP contribution < -0.4 is 11.3 Å². The Morgan fingerprint density at radius 2 is 1.92 bits per heavy atom. The minimum Gasteiger partial charge on any atom is -0.393 e. The van der Waals surface area contributed by atoms with Crippen LogP contribution in [0.15, 0.2) is 35.1 Å².